The summed E-state index contributed by atoms with van der Waals surface area (Å²) in [5.41, 5.74) is 1.33. The van der Waals surface area contributed by atoms with E-state index in [9.17, 15) is 9.59 Å². The van der Waals surface area contributed by atoms with Crippen molar-refractivity contribution < 1.29 is 9.59 Å². The lowest BCUT2D eigenvalue weighted by molar-refractivity contribution is 0.0980. The minimum Gasteiger partial charge on any atom is -0.289 e. The van der Waals surface area contributed by atoms with Gasteiger partial charge in [0.2, 0.25) is 0 Å². The predicted octanol–water partition coefficient (Wildman–Crippen LogP) is 4.22. The molecule has 0 fully saturated rings. The van der Waals surface area contributed by atoms with Crippen LogP contribution in [-0.2, 0) is 0 Å². The summed E-state index contributed by atoms with van der Waals surface area (Å²) in [6, 6.07) is 5.10. The minimum absolute atomic E-state index is 0.212. The van der Waals surface area contributed by atoms with Gasteiger partial charge in [-0.15, -0.1) is 0 Å². The Morgan fingerprint density at radius 2 is 1.89 bits per heavy atom. The van der Waals surface area contributed by atoms with Gasteiger partial charge in [-0.05, 0) is 6.07 Å². The molecule has 2 nitrogen and oxygen atoms in total. The Morgan fingerprint density at radius 1 is 1.22 bits per heavy atom. The highest BCUT2D eigenvalue weighted by Crippen LogP contribution is 2.35. The SMILES string of the molecule is C=CC1=C(C(=C)Br)C(=O)c2c(Br)cccc2C1=O. The van der Waals surface area contributed by atoms with Crippen LogP contribution in [0.1, 0.15) is 20.7 Å². The molecule has 1 aliphatic carbocycles. The number of Topliss-reactive ketones (excluding diaryl/α,β-unsaturated/α-hetero) is 2. The normalized spacial score (nSPS) is 14.6. The Hall–Kier alpha value is -1.26. The van der Waals surface area contributed by atoms with Crippen LogP contribution in [0.2, 0.25) is 0 Å². The van der Waals surface area contributed by atoms with E-state index in [2.05, 4.69) is 45.0 Å². The number of ketones is 2. The molecule has 0 atom stereocenters. The monoisotopic (exact) mass is 366 g/mol. The van der Waals surface area contributed by atoms with Crippen molar-refractivity contribution in [3.63, 3.8) is 0 Å². The van der Waals surface area contributed by atoms with Crippen LogP contribution in [0.5, 0.6) is 0 Å². The molecule has 0 spiro atoms. The number of hydrogen-bond donors (Lipinski definition) is 0. The lowest BCUT2D eigenvalue weighted by Gasteiger charge is -2.19. The topological polar surface area (TPSA) is 34.1 Å². The van der Waals surface area contributed by atoms with Crippen molar-refractivity contribution in [2.24, 2.45) is 0 Å². The molecule has 0 saturated carbocycles. The molecule has 2 rings (SSSR count). The molecule has 90 valence electrons. The molecule has 0 saturated heterocycles. The number of carbonyl (C=O) groups is 2. The number of hydrogen-bond acceptors (Lipinski definition) is 2. The van der Waals surface area contributed by atoms with Crippen LogP contribution in [0, 0.1) is 0 Å². The Kier molecular flexibility index (Phi) is 3.50. The van der Waals surface area contributed by atoms with Crippen molar-refractivity contribution in [2.45, 2.75) is 0 Å². The van der Waals surface area contributed by atoms with E-state index in [-0.39, 0.29) is 22.7 Å². The fourth-order valence-corrected chi connectivity index (χ4v) is 2.85. The zero-order valence-electron chi connectivity index (χ0n) is 9.30. The molecule has 0 amide bonds. The second kappa shape index (κ2) is 4.78. The molecule has 1 aromatic carbocycles. The highest BCUT2D eigenvalue weighted by Gasteiger charge is 2.32. The van der Waals surface area contributed by atoms with Crippen molar-refractivity contribution in [1.29, 1.82) is 0 Å². The highest BCUT2D eigenvalue weighted by atomic mass is 79.9. The van der Waals surface area contributed by atoms with Gasteiger partial charge in [0.15, 0.2) is 11.6 Å². The largest absolute Gasteiger partial charge is 0.289 e. The third kappa shape index (κ3) is 1.85. The van der Waals surface area contributed by atoms with Gasteiger partial charge in [-0.3, -0.25) is 9.59 Å². The smallest absolute Gasteiger partial charge is 0.196 e. The summed E-state index contributed by atoms with van der Waals surface area (Å²) >= 11 is 6.47. The van der Waals surface area contributed by atoms with Gasteiger partial charge in [0.1, 0.15) is 0 Å². The summed E-state index contributed by atoms with van der Waals surface area (Å²) < 4.78 is 0.991. The fraction of sp³-hybridized carbons (Fsp3) is 0. The van der Waals surface area contributed by atoms with Crippen LogP contribution in [-0.4, -0.2) is 11.6 Å². The van der Waals surface area contributed by atoms with Gasteiger partial charge in [0.25, 0.3) is 0 Å². The van der Waals surface area contributed by atoms with Crippen molar-refractivity contribution in [3.05, 3.63) is 68.7 Å². The Labute approximate surface area is 121 Å². The van der Waals surface area contributed by atoms with Crippen molar-refractivity contribution in [2.75, 3.05) is 0 Å². The van der Waals surface area contributed by atoms with Gasteiger partial charge in [-0.1, -0.05) is 63.2 Å². The van der Waals surface area contributed by atoms with E-state index in [1.165, 1.54) is 6.08 Å². The Morgan fingerprint density at radius 3 is 2.44 bits per heavy atom. The van der Waals surface area contributed by atoms with Crippen molar-refractivity contribution in [1.82, 2.24) is 0 Å². The van der Waals surface area contributed by atoms with E-state index in [1.54, 1.807) is 18.2 Å². The number of benzene rings is 1. The van der Waals surface area contributed by atoms with Crippen LogP contribution in [0.4, 0.5) is 0 Å². The van der Waals surface area contributed by atoms with E-state index >= 15 is 0 Å². The molecule has 0 bridgehead atoms. The van der Waals surface area contributed by atoms with E-state index in [4.69, 9.17) is 0 Å². The lowest BCUT2D eigenvalue weighted by Crippen LogP contribution is -2.21. The van der Waals surface area contributed by atoms with Crippen molar-refractivity contribution in [3.8, 4) is 0 Å². The van der Waals surface area contributed by atoms with Gasteiger partial charge >= 0.3 is 0 Å². The summed E-state index contributed by atoms with van der Waals surface area (Å²) in [6.07, 6.45) is 1.39. The van der Waals surface area contributed by atoms with E-state index in [1.807, 2.05) is 0 Å². The molecule has 0 unspecified atom stereocenters. The maximum atomic E-state index is 12.4. The number of rotatable bonds is 2. The van der Waals surface area contributed by atoms with Crippen LogP contribution >= 0.6 is 31.9 Å². The molecule has 0 radical (unpaired) electrons. The molecular formula is C14H8Br2O2. The van der Waals surface area contributed by atoms with Gasteiger partial charge in [0.05, 0.1) is 0 Å². The summed E-state index contributed by atoms with van der Waals surface area (Å²) in [5, 5.41) is 0. The van der Waals surface area contributed by atoms with E-state index in [0.29, 0.717) is 20.1 Å². The maximum absolute atomic E-state index is 12.4. The van der Waals surface area contributed by atoms with Crippen LogP contribution < -0.4 is 0 Å². The van der Waals surface area contributed by atoms with Crippen molar-refractivity contribution >= 4 is 43.4 Å². The van der Waals surface area contributed by atoms with Gasteiger partial charge < -0.3 is 0 Å². The zero-order chi connectivity index (χ0) is 13.4. The fourth-order valence-electron chi connectivity index (χ4n) is 1.91. The second-order valence-electron chi connectivity index (χ2n) is 3.72. The lowest BCUT2D eigenvalue weighted by atomic mass is 9.84. The second-order valence-corrected chi connectivity index (χ2v) is 5.53. The minimum atomic E-state index is -0.228. The van der Waals surface area contributed by atoms with E-state index in [0.717, 1.165) is 0 Å². The van der Waals surface area contributed by atoms with Gasteiger partial charge in [-0.2, -0.15) is 0 Å². The average Bonchev–Trinajstić information content (AvgIpc) is 2.32. The molecule has 1 aliphatic rings. The zero-order valence-corrected chi connectivity index (χ0v) is 12.5. The molecule has 0 N–H and O–H groups in total. The molecule has 1 aromatic rings. The van der Waals surface area contributed by atoms with Crippen LogP contribution in [0.15, 0.2) is 57.5 Å². The molecule has 18 heavy (non-hydrogen) atoms. The number of carbonyl (C=O) groups excluding carboxylic acids is 2. The predicted molar refractivity (Wildman–Crippen MR) is 78.1 cm³/mol. The molecule has 0 aliphatic heterocycles. The summed E-state index contributed by atoms with van der Waals surface area (Å²) in [7, 11) is 0. The number of fused-ring (bicyclic) bond motifs is 1. The Bertz CT molecular complexity index is 639. The molecule has 0 heterocycles. The summed E-state index contributed by atoms with van der Waals surface area (Å²) in [4.78, 5) is 24.7. The highest BCUT2D eigenvalue weighted by molar-refractivity contribution is 9.12. The first kappa shape index (κ1) is 13.2. The van der Waals surface area contributed by atoms with Crippen LogP contribution in [0.3, 0.4) is 0 Å². The Balaban J connectivity index is 2.83. The molecule has 0 aromatic heterocycles. The standard InChI is InChI=1S/C14H8Br2O2/c1-3-8-11(7(2)15)14(18)12-9(13(8)17)5-4-6-10(12)16/h3-6H,1-2H2. The third-order valence-corrected chi connectivity index (χ3v) is 3.76. The quantitative estimate of drug-likeness (QED) is 0.784. The van der Waals surface area contributed by atoms with Crippen LogP contribution in [0.25, 0.3) is 0 Å². The van der Waals surface area contributed by atoms with E-state index < -0.39 is 0 Å². The molecular weight excluding hydrogens is 360 g/mol. The summed E-state index contributed by atoms with van der Waals surface area (Å²) in [6.45, 7) is 7.28. The first-order valence-electron chi connectivity index (χ1n) is 5.08. The third-order valence-electron chi connectivity index (χ3n) is 2.70. The maximum Gasteiger partial charge on any atom is 0.196 e. The number of halogens is 2. The first-order chi connectivity index (χ1) is 8.49. The first-order valence-corrected chi connectivity index (χ1v) is 6.67. The van der Waals surface area contributed by atoms with Gasteiger partial charge in [0, 0.05) is 31.2 Å². The average molecular weight is 368 g/mol. The number of allylic oxidation sites excluding steroid dienone is 4. The molecule has 4 heteroatoms. The van der Waals surface area contributed by atoms with Gasteiger partial charge in [-0.25, -0.2) is 0 Å². The summed E-state index contributed by atoms with van der Waals surface area (Å²) in [5.74, 6) is -0.439.